The largest absolute Gasteiger partial charge is 0.444 e. The van der Waals surface area contributed by atoms with E-state index in [4.69, 9.17) is 4.74 Å². The number of hydrogen-bond donors (Lipinski definition) is 0. The van der Waals surface area contributed by atoms with Gasteiger partial charge in [0.1, 0.15) is 5.60 Å². The lowest BCUT2D eigenvalue weighted by atomic mass is 10.2. The van der Waals surface area contributed by atoms with Crippen LogP contribution in [-0.2, 0) is 9.53 Å². The fourth-order valence-electron chi connectivity index (χ4n) is 1.88. The second-order valence-corrected chi connectivity index (χ2v) is 6.93. The van der Waals surface area contributed by atoms with Gasteiger partial charge in [0.2, 0.25) is 0 Å². The third kappa shape index (κ3) is 4.58. The Bertz CT molecular complexity index is 311. The number of thioether (sulfide) groups is 1. The normalized spacial score (nSPS) is 24.9. The summed E-state index contributed by atoms with van der Waals surface area (Å²) in [6.45, 7) is 9.71. The van der Waals surface area contributed by atoms with Gasteiger partial charge >= 0.3 is 6.09 Å². The highest BCUT2D eigenvalue weighted by Gasteiger charge is 2.35. The van der Waals surface area contributed by atoms with Gasteiger partial charge in [0.15, 0.2) is 5.12 Å². The van der Waals surface area contributed by atoms with Crippen molar-refractivity contribution in [3.05, 3.63) is 0 Å². The molecule has 0 spiro atoms. The topological polar surface area (TPSA) is 46.6 Å². The van der Waals surface area contributed by atoms with Crippen LogP contribution in [0.4, 0.5) is 4.79 Å². The summed E-state index contributed by atoms with van der Waals surface area (Å²) in [4.78, 5) is 24.7. The van der Waals surface area contributed by atoms with Crippen molar-refractivity contribution in [2.24, 2.45) is 0 Å². The van der Waals surface area contributed by atoms with Gasteiger partial charge in [0.05, 0.1) is 0 Å². The zero-order valence-corrected chi connectivity index (χ0v) is 12.0. The minimum absolute atomic E-state index is 0.105. The summed E-state index contributed by atoms with van der Waals surface area (Å²) < 4.78 is 5.34. The van der Waals surface area contributed by atoms with Crippen LogP contribution in [0, 0.1) is 0 Å². The second-order valence-electron chi connectivity index (χ2n) is 5.45. The molecule has 1 aliphatic heterocycles. The first-order valence-corrected chi connectivity index (χ1v) is 6.74. The Kier molecular flexibility index (Phi) is 4.47. The molecule has 1 amide bonds. The monoisotopic (exact) mass is 259 g/mol. The molecule has 0 aromatic rings. The van der Waals surface area contributed by atoms with E-state index in [1.165, 1.54) is 11.8 Å². The molecule has 1 rings (SSSR count). The standard InChI is InChI=1S/C12H21NO3S/c1-8-6-10(17-9(2)14)7-13(8)11(15)16-12(3,4)5/h8,10H,6-7H2,1-5H3/t8-,10+/m1/s1. The van der Waals surface area contributed by atoms with E-state index in [0.717, 1.165) is 6.42 Å². The van der Waals surface area contributed by atoms with Crippen LogP contribution in [0.15, 0.2) is 0 Å². The summed E-state index contributed by atoms with van der Waals surface area (Å²) in [6, 6.07) is 0.140. The number of carbonyl (C=O) groups excluding carboxylic acids is 2. The molecule has 17 heavy (non-hydrogen) atoms. The minimum atomic E-state index is -0.470. The Balaban J connectivity index is 2.55. The molecular formula is C12H21NO3S. The predicted molar refractivity (Wildman–Crippen MR) is 69.1 cm³/mol. The lowest BCUT2D eigenvalue weighted by Gasteiger charge is -2.26. The number of carbonyl (C=O) groups is 2. The van der Waals surface area contributed by atoms with Crippen molar-refractivity contribution in [1.82, 2.24) is 4.90 Å². The maximum atomic E-state index is 11.9. The van der Waals surface area contributed by atoms with E-state index in [9.17, 15) is 9.59 Å². The van der Waals surface area contributed by atoms with Gasteiger partial charge in [0, 0.05) is 24.8 Å². The molecule has 1 heterocycles. The van der Waals surface area contributed by atoms with Crippen LogP contribution in [-0.4, -0.2) is 39.5 Å². The van der Waals surface area contributed by atoms with E-state index >= 15 is 0 Å². The number of ether oxygens (including phenoxy) is 1. The average molecular weight is 259 g/mol. The highest BCUT2D eigenvalue weighted by molar-refractivity contribution is 8.14. The Morgan fingerprint density at radius 2 is 1.94 bits per heavy atom. The van der Waals surface area contributed by atoms with E-state index in [-0.39, 0.29) is 22.5 Å². The summed E-state index contributed by atoms with van der Waals surface area (Å²) in [6.07, 6.45) is 0.570. The highest BCUT2D eigenvalue weighted by Crippen LogP contribution is 2.28. The third-order valence-corrected chi connectivity index (χ3v) is 3.50. The van der Waals surface area contributed by atoms with Crippen molar-refractivity contribution in [1.29, 1.82) is 0 Å². The Labute approximate surface area is 107 Å². The maximum Gasteiger partial charge on any atom is 0.410 e. The zero-order valence-electron chi connectivity index (χ0n) is 11.1. The molecule has 98 valence electrons. The summed E-state index contributed by atoms with van der Waals surface area (Å²) in [7, 11) is 0. The molecule has 0 aromatic carbocycles. The zero-order chi connectivity index (χ0) is 13.2. The summed E-state index contributed by atoms with van der Waals surface area (Å²) in [5.41, 5.74) is -0.470. The Morgan fingerprint density at radius 3 is 2.41 bits per heavy atom. The number of likely N-dealkylation sites (tertiary alicyclic amines) is 1. The predicted octanol–water partition coefficient (Wildman–Crippen LogP) is 2.66. The van der Waals surface area contributed by atoms with Crippen molar-refractivity contribution >= 4 is 23.0 Å². The molecule has 0 N–H and O–H groups in total. The molecule has 1 saturated heterocycles. The van der Waals surface area contributed by atoms with Crippen molar-refractivity contribution in [2.75, 3.05) is 6.54 Å². The van der Waals surface area contributed by atoms with Gasteiger partial charge in [0.25, 0.3) is 0 Å². The first-order chi connectivity index (χ1) is 7.69. The number of nitrogens with zero attached hydrogens (tertiary/aromatic N) is 1. The average Bonchev–Trinajstić information content (AvgIpc) is 2.42. The number of rotatable bonds is 1. The molecule has 0 bridgehead atoms. The van der Waals surface area contributed by atoms with E-state index in [0.29, 0.717) is 6.54 Å². The quantitative estimate of drug-likeness (QED) is 0.726. The first-order valence-electron chi connectivity index (χ1n) is 5.86. The van der Waals surface area contributed by atoms with Crippen LogP contribution in [0.1, 0.15) is 41.0 Å². The molecule has 1 aliphatic rings. The lowest BCUT2D eigenvalue weighted by Crippen LogP contribution is -2.39. The van der Waals surface area contributed by atoms with Gasteiger partial charge in [-0.15, -0.1) is 0 Å². The van der Waals surface area contributed by atoms with Gasteiger partial charge in [-0.25, -0.2) is 4.79 Å². The van der Waals surface area contributed by atoms with Gasteiger partial charge in [-0.2, -0.15) is 0 Å². The van der Waals surface area contributed by atoms with Crippen LogP contribution in [0.2, 0.25) is 0 Å². The molecule has 0 saturated carbocycles. The number of amides is 1. The van der Waals surface area contributed by atoms with Crippen molar-refractivity contribution in [2.45, 2.75) is 57.9 Å². The molecule has 2 atom stereocenters. The van der Waals surface area contributed by atoms with Crippen molar-refractivity contribution < 1.29 is 14.3 Å². The molecule has 1 fully saturated rings. The molecule has 4 nitrogen and oxygen atoms in total. The molecule has 0 aromatic heterocycles. The summed E-state index contributed by atoms with van der Waals surface area (Å²) in [5, 5.41) is 0.309. The number of hydrogen-bond acceptors (Lipinski definition) is 4. The van der Waals surface area contributed by atoms with Gasteiger partial charge in [-0.05, 0) is 34.1 Å². The Morgan fingerprint density at radius 1 is 1.35 bits per heavy atom. The van der Waals surface area contributed by atoms with E-state index in [2.05, 4.69) is 0 Å². The first kappa shape index (κ1) is 14.4. The van der Waals surface area contributed by atoms with Crippen LogP contribution in [0.5, 0.6) is 0 Å². The Hall–Kier alpha value is -0.710. The minimum Gasteiger partial charge on any atom is -0.444 e. The molecule has 5 heteroatoms. The summed E-state index contributed by atoms with van der Waals surface area (Å²) >= 11 is 1.32. The molecule has 0 aliphatic carbocycles. The van der Waals surface area contributed by atoms with Crippen LogP contribution < -0.4 is 0 Å². The van der Waals surface area contributed by atoms with E-state index in [1.807, 2.05) is 27.7 Å². The second kappa shape index (κ2) is 5.29. The molecular weight excluding hydrogens is 238 g/mol. The smallest absolute Gasteiger partial charge is 0.410 e. The highest BCUT2D eigenvalue weighted by atomic mass is 32.2. The van der Waals surface area contributed by atoms with Gasteiger partial charge < -0.3 is 9.64 Å². The maximum absolute atomic E-state index is 11.9. The van der Waals surface area contributed by atoms with Crippen LogP contribution in [0.3, 0.4) is 0 Å². The fourth-order valence-corrected chi connectivity index (χ4v) is 2.96. The van der Waals surface area contributed by atoms with Crippen LogP contribution in [0.25, 0.3) is 0 Å². The van der Waals surface area contributed by atoms with E-state index < -0.39 is 5.60 Å². The molecule has 0 radical (unpaired) electrons. The fraction of sp³-hybridized carbons (Fsp3) is 0.833. The van der Waals surface area contributed by atoms with Crippen LogP contribution >= 0.6 is 11.8 Å². The van der Waals surface area contributed by atoms with Crippen molar-refractivity contribution in [3.63, 3.8) is 0 Å². The van der Waals surface area contributed by atoms with Gasteiger partial charge in [-0.1, -0.05) is 11.8 Å². The van der Waals surface area contributed by atoms with E-state index in [1.54, 1.807) is 11.8 Å². The SMILES string of the molecule is CC(=O)S[C@H]1C[C@@H](C)N(C(=O)OC(C)(C)C)C1. The summed E-state index contributed by atoms with van der Waals surface area (Å²) in [5.74, 6) is 0. The molecule has 0 unspecified atom stereocenters. The van der Waals surface area contributed by atoms with Crippen molar-refractivity contribution in [3.8, 4) is 0 Å². The van der Waals surface area contributed by atoms with Gasteiger partial charge in [-0.3, -0.25) is 4.79 Å². The third-order valence-electron chi connectivity index (χ3n) is 2.50. The lowest BCUT2D eigenvalue weighted by molar-refractivity contribution is -0.109.